The molecule has 6 heteroatoms. The van der Waals surface area contributed by atoms with Crippen molar-refractivity contribution in [1.29, 1.82) is 0 Å². The fraction of sp³-hybridized carbons (Fsp3) is 0.250. The van der Waals surface area contributed by atoms with Crippen molar-refractivity contribution in [2.75, 3.05) is 5.32 Å². The van der Waals surface area contributed by atoms with Gasteiger partial charge in [-0.3, -0.25) is 9.89 Å². The number of hydrogen-bond donors (Lipinski definition) is 2. The van der Waals surface area contributed by atoms with Crippen LogP contribution in [-0.4, -0.2) is 16.1 Å². The van der Waals surface area contributed by atoms with Crippen LogP contribution < -0.4 is 5.32 Å². The molecular formula is C16H14ClN3OS. The van der Waals surface area contributed by atoms with Crippen LogP contribution >= 0.6 is 22.9 Å². The number of benzene rings is 1. The number of halogens is 1. The fourth-order valence-corrected chi connectivity index (χ4v) is 3.84. The number of aromatic amines is 1. The first-order chi connectivity index (χ1) is 10.6. The molecule has 0 aliphatic heterocycles. The first kappa shape index (κ1) is 13.8. The second-order valence-corrected chi connectivity index (χ2v) is 7.12. The zero-order valence-electron chi connectivity index (χ0n) is 11.9. The predicted octanol–water partition coefficient (Wildman–Crippen LogP) is 4.60. The van der Waals surface area contributed by atoms with E-state index in [0.717, 1.165) is 39.4 Å². The number of thiophene rings is 1. The summed E-state index contributed by atoms with van der Waals surface area (Å²) in [5.74, 6) is 0.914. The van der Waals surface area contributed by atoms with Gasteiger partial charge in [0.15, 0.2) is 0 Å². The Morgan fingerprint density at radius 3 is 3.00 bits per heavy atom. The Morgan fingerprint density at radius 2 is 2.23 bits per heavy atom. The zero-order chi connectivity index (χ0) is 15.3. The molecule has 0 unspecified atom stereocenters. The van der Waals surface area contributed by atoms with Crippen LogP contribution in [0, 0.1) is 12.8 Å². The van der Waals surface area contributed by atoms with E-state index in [1.807, 2.05) is 24.3 Å². The van der Waals surface area contributed by atoms with Crippen LogP contribution in [0.3, 0.4) is 0 Å². The van der Waals surface area contributed by atoms with Crippen LogP contribution in [0.25, 0.3) is 20.7 Å². The Balaban J connectivity index is 1.68. The number of nitrogens with zero attached hydrogens (tertiary/aromatic N) is 1. The molecule has 1 aliphatic rings. The molecule has 1 fully saturated rings. The van der Waals surface area contributed by atoms with E-state index in [2.05, 4.69) is 22.4 Å². The Morgan fingerprint density at radius 1 is 1.41 bits per heavy atom. The molecule has 0 radical (unpaired) electrons. The molecule has 2 heterocycles. The van der Waals surface area contributed by atoms with Gasteiger partial charge in [-0.25, -0.2) is 0 Å². The van der Waals surface area contributed by atoms with E-state index in [9.17, 15) is 4.79 Å². The van der Waals surface area contributed by atoms with Crippen LogP contribution in [0.5, 0.6) is 0 Å². The van der Waals surface area contributed by atoms with Gasteiger partial charge in [0.1, 0.15) is 11.5 Å². The minimum atomic E-state index is 0.0787. The summed E-state index contributed by atoms with van der Waals surface area (Å²) in [4.78, 5) is 12.9. The minimum absolute atomic E-state index is 0.0787. The number of H-pyrrole nitrogens is 1. The van der Waals surface area contributed by atoms with Crippen molar-refractivity contribution < 1.29 is 4.79 Å². The van der Waals surface area contributed by atoms with Crippen molar-refractivity contribution in [1.82, 2.24) is 10.2 Å². The quantitative estimate of drug-likeness (QED) is 0.736. The lowest BCUT2D eigenvalue weighted by molar-refractivity contribution is -0.117. The molecular weight excluding hydrogens is 318 g/mol. The third-order valence-corrected chi connectivity index (χ3v) is 5.45. The highest BCUT2D eigenvalue weighted by Gasteiger charge is 2.30. The van der Waals surface area contributed by atoms with Gasteiger partial charge < -0.3 is 5.32 Å². The topological polar surface area (TPSA) is 57.8 Å². The van der Waals surface area contributed by atoms with Crippen LogP contribution in [0.1, 0.15) is 18.4 Å². The van der Waals surface area contributed by atoms with Crippen molar-refractivity contribution in [3.8, 4) is 10.6 Å². The van der Waals surface area contributed by atoms with Gasteiger partial charge in [-0.15, -0.1) is 11.3 Å². The molecule has 1 aliphatic carbocycles. The Hall–Kier alpha value is -1.85. The molecule has 4 rings (SSSR count). The summed E-state index contributed by atoms with van der Waals surface area (Å²) in [6, 6.07) is 7.80. The van der Waals surface area contributed by atoms with Gasteiger partial charge in [-0.05, 0) is 48.9 Å². The summed E-state index contributed by atoms with van der Waals surface area (Å²) in [7, 11) is 0. The Labute approximate surface area is 136 Å². The maximum atomic E-state index is 11.8. The number of fused-ring (bicyclic) bond motifs is 1. The van der Waals surface area contributed by atoms with Gasteiger partial charge in [-0.1, -0.05) is 11.6 Å². The number of rotatable bonds is 3. The number of aryl methyl sites for hydroxylation is 1. The van der Waals surface area contributed by atoms with E-state index in [1.54, 1.807) is 11.3 Å². The number of anilines is 1. The zero-order valence-corrected chi connectivity index (χ0v) is 13.5. The number of carbonyl (C=O) groups excluding carboxylic acids is 1. The Bertz CT molecular complexity index is 879. The fourth-order valence-electron chi connectivity index (χ4n) is 2.52. The summed E-state index contributed by atoms with van der Waals surface area (Å²) in [6.07, 6.45) is 1.98. The van der Waals surface area contributed by atoms with E-state index in [1.165, 1.54) is 4.70 Å². The highest BCUT2D eigenvalue weighted by Crippen LogP contribution is 2.39. The van der Waals surface area contributed by atoms with Crippen LogP contribution in [0.2, 0.25) is 5.02 Å². The van der Waals surface area contributed by atoms with Crippen molar-refractivity contribution in [2.24, 2.45) is 5.92 Å². The molecule has 1 saturated carbocycles. The summed E-state index contributed by atoms with van der Waals surface area (Å²) < 4.78 is 1.18. The second kappa shape index (κ2) is 5.11. The molecule has 1 amide bonds. The molecule has 2 N–H and O–H groups in total. The lowest BCUT2D eigenvalue weighted by Crippen LogP contribution is -2.13. The van der Waals surface area contributed by atoms with Gasteiger partial charge in [0.25, 0.3) is 0 Å². The molecule has 4 nitrogen and oxygen atoms in total. The van der Waals surface area contributed by atoms with Crippen molar-refractivity contribution in [2.45, 2.75) is 19.8 Å². The highest BCUT2D eigenvalue weighted by molar-refractivity contribution is 7.22. The van der Waals surface area contributed by atoms with Gasteiger partial charge in [-0.2, -0.15) is 5.10 Å². The highest BCUT2D eigenvalue weighted by atomic mass is 35.5. The van der Waals surface area contributed by atoms with Crippen LogP contribution in [0.4, 0.5) is 5.82 Å². The average molecular weight is 332 g/mol. The van der Waals surface area contributed by atoms with Crippen LogP contribution in [0.15, 0.2) is 24.3 Å². The maximum Gasteiger partial charge on any atom is 0.228 e. The summed E-state index contributed by atoms with van der Waals surface area (Å²) in [5.41, 5.74) is 2.01. The normalized spacial score (nSPS) is 14.5. The third-order valence-electron chi connectivity index (χ3n) is 3.91. The number of carbonyl (C=O) groups is 1. The SMILES string of the molecule is Cc1c(-c2cc(NC(=O)C3CC3)[nH]n2)sc2ccc(Cl)cc12. The molecule has 0 atom stereocenters. The van der Waals surface area contributed by atoms with Crippen molar-refractivity contribution in [3.63, 3.8) is 0 Å². The van der Waals surface area contributed by atoms with E-state index in [-0.39, 0.29) is 11.8 Å². The summed E-state index contributed by atoms with van der Waals surface area (Å²) in [5, 5.41) is 12.0. The molecule has 0 saturated heterocycles. The van der Waals surface area contributed by atoms with E-state index >= 15 is 0 Å². The monoisotopic (exact) mass is 331 g/mol. The van der Waals surface area contributed by atoms with Gasteiger partial charge in [0, 0.05) is 21.7 Å². The smallest absolute Gasteiger partial charge is 0.228 e. The minimum Gasteiger partial charge on any atom is -0.311 e. The summed E-state index contributed by atoms with van der Waals surface area (Å²) >= 11 is 7.76. The molecule has 1 aromatic carbocycles. The summed E-state index contributed by atoms with van der Waals surface area (Å²) in [6.45, 7) is 2.07. The van der Waals surface area contributed by atoms with E-state index in [0.29, 0.717) is 5.82 Å². The Kier molecular flexibility index (Phi) is 3.20. The maximum absolute atomic E-state index is 11.8. The van der Waals surface area contributed by atoms with E-state index < -0.39 is 0 Å². The molecule has 2 aromatic heterocycles. The number of hydrogen-bond acceptors (Lipinski definition) is 3. The molecule has 112 valence electrons. The largest absolute Gasteiger partial charge is 0.311 e. The molecule has 0 bridgehead atoms. The molecule has 3 aromatic rings. The van der Waals surface area contributed by atoms with Gasteiger partial charge in [0.2, 0.25) is 5.91 Å². The van der Waals surface area contributed by atoms with E-state index in [4.69, 9.17) is 11.6 Å². The first-order valence-electron chi connectivity index (χ1n) is 7.17. The number of nitrogens with one attached hydrogen (secondary N) is 2. The number of amides is 1. The predicted molar refractivity (Wildman–Crippen MR) is 90.5 cm³/mol. The van der Waals surface area contributed by atoms with Crippen molar-refractivity contribution in [3.05, 3.63) is 34.9 Å². The van der Waals surface area contributed by atoms with Gasteiger partial charge >= 0.3 is 0 Å². The first-order valence-corrected chi connectivity index (χ1v) is 8.36. The average Bonchev–Trinajstić information content (AvgIpc) is 3.18. The van der Waals surface area contributed by atoms with Crippen LogP contribution in [-0.2, 0) is 4.79 Å². The standard InChI is InChI=1S/C16H14ClN3OS/c1-8-11-6-10(17)4-5-13(11)22-15(8)12-7-14(20-19-12)18-16(21)9-2-3-9/h4-7,9H,2-3H2,1H3,(H2,18,19,20,21). The molecule has 22 heavy (non-hydrogen) atoms. The molecule has 0 spiro atoms. The lowest BCUT2D eigenvalue weighted by atomic mass is 10.1. The van der Waals surface area contributed by atoms with Crippen molar-refractivity contribution >= 4 is 44.7 Å². The third kappa shape index (κ3) is 2.40. The van der Waals surface area contributed by atoms with Gasteiger partial charge in [0.05, 0.1) is 4.88 Å². The lowest BCUT2D eigenvalue weighted by Gasteiger charge is -1.98. The number of aromatic nitrogens is 2. The second-order valence-electron chi connectivity index (χ2n) is 5.63.